The standard InChI is InChI=1S/C21H26N2O10/c1-10(24)29-9-16-18(30-11(2)25)19(31-12(3)26)17(21(33-16)32-13(4)27)23-20(28)14-5-7-15(22)8-6-14/h5-8,16-19,21H,9,22H2,1-4H3,(H,23,28)/t16-,17-,18-,19-,21-/m1/s1. The van der Waals surface area contributed by atoms with Gasteiger partial charge in [-0.1, -0.05) is 0 Å². The summed E-state index contributed by atoms with van der Waals surface area (Å²) in [6.07, 6.45) is -5.27. The number of hydrogen-bond donors (Lipinski definition) is 2. The summed E-state index contributed by atoms with van der Waals surface area (Å²) in [5, 5.41) is 2.60. The number of benzene rings is 1. The Hall–Kier alpha value is -3.67. The molecule has 1 aromatic rings. The highest BCUT2D eigenvalue weighted by Crippen LogP contribution is 2.28. The molecule has 0 bridgehead atoms. The molecule has 1 fully saturated rings. The maximum Gasteiger partial charge on any atom is 0.305 e. The molecule has 1 heterocycles. The smallest absolute Gasteiger partial charge is 0.305 e. The van der Waals surface area contributed by atoms with Crippen LogP contribution < -0.4 is 11.1 Å². The van der Waals surface area contributed by atoms with Crippen LogP contribution in [0.4, 0.5) is 5.69 Å². The normalized spacial score (nSPS) is 24.2. The number of nitrogens with two attached hydrogens (primary N) is 1. The van der Waals surface area contributed by atoms with E-state index in [0.717, 1.165) is 27.7 Å². The fraction of sp³-hybridized carbons (Fsp3) is 0.476. The van der Waals surface area contributed by atoms with Crippen LogP contribution in [0.5, 0.6) is 0 Å². The van der Waals surface area contributed by atoms with E-state index >= 15 is 0 Å². The highest BCUT2D eigenvalue weighted by atomic mass is 16.7. The van der Waals surface area contributed by atoms with Gasteiger partial charge in [-0.3, -0.25) is 24.0 Å². The fourth-order valence-electron chi connectivity index (χ4n) is 3.19. The van der Waals surface area contributed by atoms with Crippen molar-refractivity contribution < 1.29 is 47.7 Å². The van der Waals surface area contributed by atoms with E-state index in [0.29, 0.717) is 5.69 Å². The van der Waals surface area contributed by atoms with Crippen LogP contribution in [-0.4, -0.2) is 67.0 Å². The summed E-state index contributed by atoms with van der Waals surface area (Å²) in [5.41, 5.74) is 6.29. The van der Waals surface area contributed by atoms with E-state index < -0.39 is 67.0 Å². The molecule has 1 saturated heterocycles. The first kappa shape index (κ1) is 25.6. The van der Waals surface area contributed by atoms with Gasteiger partial charge < -0.3 is 34.7 Å². The minimum Gasteiger partial charge on any atom is -0.463 e. The number of rotatable bonds is 7. The Labute approximate surface area is 189 Å². The molecule has 1 aliphatic heterocycles. The summed E-state index contributed by atoms with van der Waals surface area (Å²) in [6.45, 7) is 4.10. The summed E-state index contributed by atoms with van der Waals surface area (Å²) < 4.78 is 26.5. The molecule has 0 saturated carbocycles. The van der Waals surface area contributed by atoms with E-state index in [1.54, 1.807) is 0 Å². The van der Waals surface area contributed by atoms with Crippen molar-refractivity contribution >= 4 is 35.5 Å². The van der Waals surface area contributed by atoms with Crippen LogP contribution in [0.15, 0.2) is 24.3 Å². The van der Waals surface area contributed by atoms with Crippen molar-refractivity contribution in [3.05, 3.63) is 29.8 Å². The first-order valence-electron chi connectivity index (χ1n) is 9.94. The number of hydrogen-bond acceptors (Lipinski definition) is 11. The van der Waals surface area contributed by atoms with Gasteiger partial charge in [-0.25, -0.2) is 0 Å². The summed E-state index contributed by atoms with van der Waals surface area (Å²) in [7, 11) is 0. The Kier molecular flexibility index (Phi) is 8.74. The number of nitrogen functional groups attached to an aromatic ring is 1. The van der Waals surface area contributed by atoms with Crippen LogP contribution in [0.3, 0.4) is 0 Å². The van der Waals surface area contributed by atoms with Crippen LogP contribution >= 0.6 is 0 Å². The molecule has 2 rings (SSSR count). The SMILES string of the molecule is CC(=O)OC[C@H]1O[C@@H](OC(C)=O)[C@H](NC(=O)c2ccc(N)cc2)[C@@H](OC(C)=O)[C@@H]1OC(C)=O. The average Bonchev–Trinajstić information content (AvgIpc) is 2.70. The topological polar surface area (TPSA) is 170 Å². The molecule has 12 nitrogen and oxygen atoms in total. The molecule has 0 spiro atoms. The molecule has 0 unspecified atom stereocenters. The zero-order chi connectivity index (χ0) is 24.7. The third kappa shape index (κ3) is 7.45. The molecule has 0 radical (unpaired) electrons. The molecule has 0 aromatic heterocycles. The average molecular weight is 466 g/mol. The van der Waals surface area contributed by atoms with Gasteiger partial charge in [0, 0.05) is 38.9 Å². The number of ether oxygens (including phenoxy) is 5. The Bertz CT molecular complexity index is 901. The van der Waals surface area contributed by atoms with Crippen molar-refractivity contribution in [1.82, 2.24) is 5.32 Å². The lowest BCUT2D eigenvalue weighted by atomic mass is 9.95. The van der Waals surface area contributed by atoms with E-state index in [4.69, 9.17) is 29.4 Å². The number of anilines is 1. The van der Waals surface area contributed by atoms with Crippen LogP contribution in [0.1, 0.15) is 38.1 Å². The number of amides is 1. The second-order valence-electron chi connectivity index (χ2n) is 7.22. The Morgan fingerprint density at radius 1 is 0.848 bits per heavy atom. The molecule has 33 heavy (non-hydrogen) atoms. The first-order chi connectivity index (χ1) is 15.5. The fourth-order valence-corrected chi connectivity index (χ4v) is 3.19. The van der Waals surface area contributed by atoms with Crippen molar-refractivity contribution in [1.29, 1.82) is 0 Å². The molecule has 1 aliphatic rings. The maximum atomic E-state index is 12.8. The third-order valence-electron chi connectivity index (χ3n) is 4.45. The minimum absolute atomic E-state index is 0.207. The van der Waals surface area contributed by atoms with Gasteiger partial charge >= 0.3 is 23.9 Å². The van der Waals surface area contributed by atoms with Gasteiger partial charge in [0.25, 0.3) is 5.91 Å². The van der Waals surface area contributed by atoms with Crippen molar-refractivity contribution in [2.75, 3.05) is 12.3 Å². The van der Waals surface area contributed by atoms with Gasteiger partial charge in [-0.2, -0.15) is 0 Å². The monoisotopic (exact) mass is 466 g/mol. The van der Waals surface area contributed by atoms with E-state index in [1.807, 2.05) is 0 Å². The lowest BCUT2D eigenvalue weighted by Gasteiger charge is -2.44. The van der Waals surface area contributed by atoms with Gasteiger partial charge in [-0.15, -0.1) is 0 Å². The van der Waals surface area contributed by atoms with Crippen molar-refractivity contribution in [2.24, 2.45) is 0 Å². The Balaban J connectivity index is 2.44. The number of nitrogens with one attached hydrogen (secondary N) is 1. The lowest BCUT2D eigenvalue weighted by molar-refractivity contribution is -0.270. The zero-order valence-electron chi connectivity index (χ0n) is 18.6. The predicted molar refractivity (Wildman–Crippen MR) is 110 cm³/mol. The lowest BCUT2D eigenvalue weighted by Crippen LogP contribution is -2.67. The minimum atomic E-state index is -1.46. The second kappa shape index (κ2) is 11.3. The van der Waals surface area contributed by atoms with Gasteiger partial charge in [-0.05, 0) is 24.3 Å². The largest absolute Gasteiger partial charge is 0.463 e. The molecule has 12 heteroatoms. The molecule has 5 atom stereocenters. The summed E-state index contributed by atoms with van der Waals surface area (Å²) in [6, 6.07) is 4.67. The number of carbonyl (C=O) groups is 5. The molecule has 0 aliphatic carbocycles. The van der Waals surface area contributed by atoms with Gasteiger partial charge in [0.15, 0.2) is 12.2 Å². The highest BCUT2D eigenvalue weighted by Gasteiger charge is 2.52. The van der Waals surface area contributed by atoms with Gasteiger partial charge in [0.1, 0.15) is 18.8 Å². The van der Waals surface area contributed by atoms with Gasteiger partial charge in [0.05, 0.1) is 0 Å². The first-order valence-corrected chi connectivity index (χ1v) is 9.94. The van der Waals surface area contributed by atoms with Crippen molar-refractivity contribution in [2.45, 2.75) is 58.3 Å². The summed E-state index contributed by atoms with van der Waals surface area (Å²) in [4.78, 5) is 59.5. The number of esters is 4. The Morgan fingerprint density at radius 3 is 1.91 bits per heavy atom. The molecule has 1 amide bonds. The van der Waals surface area contributed by atoms with E-state index in [1.165, 1.54) is 24.3 Å². The molecular formula is C21H26N2O10. The van der Waals surface area contributed by atoms with Crippen LogP contribution in [0.2, 0.25) is 0 Å². The second-order valence-corrected chi connectivity index (χ2v) is 7.22. The molecule has 1 aromatic carbocycles. The predicted octanol–water partition coefficient (Wildman–Crippen LogP) is 0.0817. The van der Waals surface area contributed by atoms with E-state index in [-0.39, 0.29) is 5.56 Å². The molecule has 180 valence electrons. The maximum absolute atomic E-state index is 12.8. The highest BCUT2D eigenvalue weighted by molar-refractivity contribution is 5.94. The van der Waals surface area contributed by atoms with Crippen molar-refractivity contribution in [3.63, 3.8) is 0 Å². The zero-order valence-corrected chi connectivity index (χ0v) is 18.6. The van der Waals surface area contributed by atoms with Crippen LogP contribution in [0, 0.1) is 0 Å². The summed E-state index contributed by atoms with van der Waals surface area (Å²) >= 11 is 0. The summed E-state index contributed by atoms with van der Waals surface area (Å²) in [5.74, 6) is -3.54. The van der Waals surface area contributed by atoms with Gasteiger partial charge in [0.2, 0.25) is 6.29 Å². The Morgan fingerprint density at radius 2 is 1.39 bits per heavy atom. The van der Waals surface area contributed by atoms with Crippen LogP contribution in [0.25, 0.3) is 0 Å². The molecule has 3 N–H and O–H groups in total. The van der Waals surface area contributed by atoms with E-state index in [2.05, 4.69) is 5.32 Å². The molecular weight excluding hydrogens is 440 g/mol. The number of carbonyl (C=O) groups excluding carboxylic acids is 5. The van der Waals surface area contributed by atoms with E-state index in [9.17, 15) is 24.0 Å². The van der Waals surface area contributed by atoms with Crippen molar-refractivity contribution in [3.8, 4) is 0 Å². The van der Waals surface area contributed by atoms with Crippen LogP contribution in [-0.2, 0) is 42.9 Å². The third-order valence-corrected chi connectivity index (χ3v) is 4.45. The quantitative estimate of drug-likeness (QED) is 0.317.